The lowest BCUT2D eigenvalue weighted by molar-refractivity contribution is -0.241. The third kappa shape index (κ3) is 5.42. The molecule has 1 aromatic carbocycles. The molecule has 3 heterocycles. The Kier molecular flexibility index (Phi) is 7.47. The molecule has 1 saturated heterocycles. The van der Waals surface area contributed by atoms with Gasteiger partial charge in [-0.1, -0.05) is 6.07 Å². The van der Waals surface area contributed by atoms with Gasteiger partial charge in [0.25, 0.3) is 12.2 Å². The Morgan fingerprint density at radius 1 is 1.13 bits per heavy atom. The topological polar surface area (TPSA) is 121 Å². The number of rotatable bonds is 7. The summed E-state index contributed by atoms with van der Waals surface area (Å²) in [6, 6.07) is 7.61. The first-order valence-electron chi connectivity index (χ1n) is 13.0. The monoisotopic (exact) mass is 538 g/mol. The van der Waals surface area contributed by atoms with E-state index in [1.54, 1.807) is 11.3 Å². The van der Waals surface area contributed by atoms with Crippen molar-refractivity contribution < 1.29 is 29.0 Å². The molecule has 1 amide bonds. The van der Waals surface area contributed by atoms with Crippen molar-refractivity contribution in [2.24, 2.45) is 0 Å². The van der Waals surface area contributed by atoms with Crippen LogP contribution in [0.3, 0.4) is 0 Å². The molecule has 2 aliphatic heterocycles. The number of nitrogens with zero attached hydrogens (tertiary/aromatic N) is 6. The van der Waals surface area contributed by atoms with Crippen molar-refractivity contribution in [1.82, 2.24) is 19.9 Å². The molecule has 1 aliphatic carbocycles. The number of aryl methyl sites for hydroxylation is 1. The van der Waals surface area contributed by atoms with Crippen LogP contribution in [0.4, 0.5) is 16.6 Å². The summed E-state index contributed by atoms with van der Waals surface area (Å²) in [7, 11) is 7.20. The maximum Gasteiger partial charge on any atom is 0.508 e. The molecule has 0 radical (unpaired) electrons. The van der Waals surface area contributed by atoms with E-state index in [0.29, 0.717) is 17.4 Å². The number of hydrogen-bond acceptors (Lipinski definition) is 10. The second-order valence-electron chi connectivity index (χ2n) is 10.1. The van der Waals surface area contributed by atoms with Gasteiger partial charge in [-0.3, -0.25) is 4.79 Å². The summed E-state index contributed by atoms with van der Waals surface area (Å²) in [6.45, 7) is 1.60. The Hall–Kier alpha value is -4.06. The number of carboxylic acid groups (broad SMARTS) is 1. The summed E-state index contributed by atoms with van der Waals surface area (Å²) in [4.78, 5) is 45.2. The molecule has 5 rings (SSSR count). The number of hydrogen-bond donors (Lipinski definition) is 1. The lowest BCUT2D eigenvalue weighted by Gasteiger charge is -2.37. The van der Waals surface area contributed by atoms with Crippen LogP contribution in [0.1, 0.15) is 46.8 Å². The average Bonchev–Trinajstić information content (AvgIpc) is 3.55. The number of methoxy groups -OCH3 is 1. The molecular formula is C27H34N6O6. The summed E-state index contributed by atoms with van der Waals surface area (Å²) in [5.74, 6) is 1.92. The summed E-state index contributed by atoms with van der Waals surface area (Å²) < 4.78 is 10.2. The zero-order valence-electron chi connectivity index (χ0n) is 22.6. The van der Waals surface area contributed by atoms with Gasteiger partial charge in [0.2, 0.25) is 11.8 Å². The Bertz CT molecular complexity index is 1260. The van der Waals surface area contributed by atoms with E-state index >= 15 is 0 Å². The van der Waals surface area contributed by atoms with E-state index < -0.39 is 12.4 Å². The highest BCUT2D eigenvalue weighted by molar-refractivity contribution is 5.94. The minimum atomic E-state index is -1.43. The van der Waals surface area contributed by atoms with Gasteiger partial charge in [0.05, 0.1) is 13.2 Å². The largest absolute Gasteiger partial charge is 0.508 e. The van der Waals surface area contributed by atoms with Crippen LogP contribution in [0.5, 0.6) is 0 Å². The van der Waals surface area contributed by atoms with Crippen LogP contribution in [0.25, 0.3) is 0 Å². The van der Waals surface area contributed by atoms with Gasteiger partial charge in [-0.2, -0.15) is 4.98 Å². The fraction of sp³-hybridized carbons (Fsp3) is 0.481. The van der Waals surface area contributed by atoms with Crippen LogP contribution in [0.2, 0.25) is 0 Å². The van der Waals surface area contributed by atoms with E-state index in [1.807, 2.05) is 55.2 Å². The number of fused-ring (bicyclic) bond motifs is 1. The molecule has 3 aliphatic rings. The number of benzene rings is 1. The Balaban J connectivity index is 1.25. The van der Waals surface area contributed by atoms with E-state index in [0.717, 1.165) is 55.7 Å². The fourth-order valence-electron chi connectivity index (χ4n) is 5.46. The van der Waals surface area contributed by atoms with Crippen LogP contribution < -0.4 is 9.80 Å². The molecule has 2 atom stereocenters. The average molecular weight is 539 g/mol. The first-order chi connectivity index (χ1) is 18.7. The number of carbonyl (C=O) groups excluding carboxylic acids is 1. The van der Waals surface area contributed by atoms with Crippen molar-refractivity contribution in [3.05, 3.63) is 59.1 Å². The molecular weight excluding hydrogens is 504 g/mol. The van der Waals surface area contributed by atoms with E-state index in [-0.39, 0.29) is 18.0 Å². The van der Waals surface area contributed by atoms with Gasteiger partial charge in [0, 0.05) is 58.1 Å². The lowest BCUT2D eigenvalue weighted by atomic mass is 10.0. The van der Waals surface area contributed by atoms with Gasteiger partial charge >= 0.3 is 6.16 Å². The van der Waals surface area contributed by atoms with Gasteiger partial charge in [-0.15, -0.1) is 0 Å². The number of anilines is 2. The Labute approximate surface area is 227 Å². The summed E-state index contributed by atoms with van der Waals surface area (Å²) >= 11 is 0. The van der Waals surface area contributed by atoms with Gasteiger partial charge in [0.15, 0.2) is 0 Å². The zero-order valence-corrected chi connectivity index (χ0v) is 22.6. The highest BCUT2D eigenvalue weighted by Crippen LogP contribution is 2.41. The second-order valence-corrected chi connectivity index (χ2v) is 10.1. The van der Waals surface area contributed by atoms with E-state index in [4.69, 9.17) is 19.4 Å². The van der Waals surface area contributed by atoms with Gasteiger partial charge in [-0.25, -0.2) is 19.7 Å². The summed E-state index contributed by atoms with van der Waals surface area (Å²) in [5.41, 5.74) is 2.69. The van der Waals surface area contributed by atoms with Crippen molar-refractivity contribution in [2.45, 2.75) is 44.1 Å². The predicted molar refractivity (Wildman–Crippen MR) is 142 cm³/mol. The van der Waals surface area contributed by atoms with E-state index in [2.05, 4.69) is 14.9 Å². The number of carbonyl (C=O) groups is 2. The molecule has 0 spiro atoms. The van der Waals surface area contributed by atoms with Gasteiger partial charge in [-0.05, 0) is 55.0 Å². The molecule has 12 heteroatoms. The Morgan fingerprint density at radius 3 is 2.59 bits per heavy atom. The third-order valence-electron chi connectivity index (χ3n) is 7.55. The van der Waals surface area contributed by atoms with Crippen LogP contribution in [0.15, 0.2) is 42.4 Å². The molecule has 1 N–H and O–H groups in total. The molecule has 208 valence electrons. The van der Waals surface area contributed by atoms with Crippen molar-refractivity contribution in [3.8, 4) is 0 Å². The van der Waals surface area contributed by atoms with Crippen LogP contribution in [0, 0.1) is 0 Å². The smallest absolute Gasteiger partial charge is 0.481 e. The number of hydroxylamine groups is 2. The van der Waals surface area contributed by atoms with E-state index in [9.17, 15) is 9.59 Å². The molecule has 1 fully saturated rings. The minimum absolute atomic E-state index is 0.0317. The SMILES string of the molecule is COC1=CC(OC(=O)O)ON1[C@@H]1CCc2ccc(C(=O)N(C)C3CCN(c4ccnc(N(C)C)n4)CC3)cc21. The number of amides is 1. The third-order valence-corrected chi connectivity index (χ3v) is 7.55. The summed E-state index contributed by atoms with van der Waals surface area (Å²) in [6.07, 6.45) is 3.96. The van der Waals surface area contributed by atoms with Crippen molar-refractivity contribution in [1.29, 1.82) is 0 Å². The molecule has 2 aromatic rings. The fourth-order valence-corrected chi connectivity index (χ4v) is 5.46. The van der Waals surface area contributed by atoms with Crippen molar-refractivity contribution in [2.75, 3.05) is 51.1 Å². The second kappa shape index (κ2) is 11.0. The standard InChI is InChI=1S/C27H34N6O6/c1-30(2)26-28-12-9-22(29-26)32-13-10-19(11-14-32)31(3)25(34)18-6-5-17-7-8-21(20(17)15-18)33-23(37-4)16-24(39-33)38-27(35)36/h5-6,9,12,15-16,19,21,24H,7-8,10-11,13-14H2,1-4H3,(H,35,36)/t21-,24?/m1/s1. The number of ether oxygens (including phenoxy) is 2. The predicted octanol–water partition coefficient (Wildman–Crippen LogP) is 3.03. The van der Waals surface area contributed by atoms with Gasteiger partial charge < -0.3 is 29.3 Å². The van der Waals surface area contributed by atoms with Gasteiger partial charge in [0.1, 0.15) is 5.82 Å². The molecule has 1 unspecified atom stereocenters. The van der Waals surface area contributed by atoms with Crippen molar-refractivity contribution >= 4 is 23.8 Å². The van der Waals surface area contributed by atoms with E-state index in [1.165, 1.54) is 13.2 Å². The first kappa shape index (κ1) is 26.5. The number of aromatic nitrogens is 2. The number of piperidine rings is 1. The quantitative estimate of drug-likeness (QED) is 0.524. The zero-order chi connectivity index (χ0) is 27.7. The van der Waals surface area contributed by atoms with Crippen LogP contribution >= 0.6 is 0 Å². The molecule has 39 heavy (non-hydrogen) atoms. The maximum absolute atomic E-state index is 13.6. The molecule has 1 aromatic heterocycles. The van der Waals surface area contributed by atoms with Crippen molar-refractivity contribution in [3.63, 3.8) is 0 Å². The van der Waals surface area contributed by atoms with Crippen LogP contribution in [-0.2, 0) is 20.7 Å². The molecule has 12 nitrogen and oxygen atoms in total. The highest BCUT2D eigenvalue weighted by atomic mass is 16.8. The lowest BCUT2D eigenvalue weighted by Crippen LogP contribution is -2.46. The highest BCUT2D eigenvalue weighted by Gasteiger charge is 2.38. The first-order valence-corrected chi connectivity index (χ1v) is 13.0. The summed E-state index contributed by atoms with van der Waals surface area (Å²) in [5, 5.41) is 10.5. The normalized spacial score (nSPS) is 20.9. The molecule has 0 saturated carbocycles. The van der Waals surface area contributed by atoms with Crippen LogP contribution in [-0.4, -0.2) is 90.8 Å². The maximum atomic E-state index is 13.6. The molecule has 0 bridgehead atoms. The minimum Gasteiger partial charge on any atom is -0.481 e. The Morgan fingerprint density at radius 2 is 1.90 bits per heavy atom.